The third-order valence-electron chi connectivity index (χ3n) is 4.86. The molecular weight excluding hydrogens is 521 g/mol. The summed E-state index contributed by atoms with van der Waals surface area (Å²) in [7, 11) is 0. The van der Waals surface area contributed by atoms with E-state index in [2.05, 4.69) is 16.7 Å². The highest BCUT2D eigenvalue weighted by Crippen LogP contribution is 2.42. The maximum Gasteiger partial charge on any atom is 0.319 e. The Labute approximate surface area is 215 Å². The molecule has 2 aromatic rings. The Morgan fingerprint density at radius 2 is 1.88 bits per heavy atom. The second-order valence-corrected chi connectivity index (χ2v) is 9.25. The van der Waals surface area contributed by atoms with Gasteiger partial charge in [0.25, 0.3) is 0 Å². The van der Waals surface area contributed by atoms with Crippen LogP contribution in [0.4, 0.5) is 5.69 Å². The smallest absolute Gasteiger partial charge is 0.319 e. The monoisotopic (exact) mass is 537 g/mol. The van der Waals surface area contributed by atoms with Crippen molar-refractivity contribution in [2.75, 3.05) is 17.7 Å². The second-order valence-electron chi connectivity index (χ2n) is 7.04. The predicted octanol–water partition coefficient (Wildman–Crippen LogP) is 5.15. The fourth-order valence-electron chi connectivity index (χ4n) is 3.40. The number of benzene rings is 2. The van der Waals surface area contributed by atoms with Crippen molar-refractivity contribution >= 4 is 70.0 Å². The van der Waals surface area contributed by atoms with E-state index in [9.17, 15) is 19.6 Å². The van der Waals surface area contributed by atoms with Gasteiger partial charge in [-0.1, -0.05) is 64.8 Å². The first-order valence-corrected chi connectivity index (χ1v) is 12.1. The SMILES string of the molecule is CCOC(=O)[C@H]1C(=O)NC(SCC(=O)Nc2ccc(Cl)c(Cl)c2)=C(C#N)[C@H]1c1ccccc1Cl. The molecule has 0 unspecified atom stereocenters. The average molecular weight is 539 g/mol. The fourth-order valence-corrected chi connectivity index (χ4v) is 4.80. The number of thioether (sulfide) groups is 1. The van der Waals surface area contributed by atoms with Crippen molar-refractivity contribution in [2.45, 2.75) is 12.8 Å². The molecule has 0 fully saturated rings. The van der Waals surface area contributed by atoms with E-state index in [-0.39, 0.29) is 28.0 Å². The molecule has 1 aliphatic rings. The number of hydrogen-bond acceptors (Lipinski definition) is 6. The molecule has 2 N–H and O–H groups in total. The molecule has 2 atom stereocenters. The molecular formula is C23H18Cl3N3O4S. The number of nitrogens with one attached hydrogen (secondary N) is 2. The zero-order valence-corrected chi connectivity index (χ0v) is 20.8. The van der Waals surface area contributed by atoms with E-state index in [1.54, 1.807) is 43.3 Å². The normalized spacial score (nSPS) is 17.6. The first-order valence-electron chi connectivity index (χ1n) is 10.0. The maximum absolute atomic E-state index is 12.9. The largest absolute Gasteiger partial charge is 0.465 e. The zero-order chi connectivity index (χ0) is 24.8. The Bertz CT molecular complexity index is 1210. The van der Waals surface area contributed by atoms with Crippen LogP contribution in [0.1, 0.15) is 18.4 Å². The summed E-state index contributed by atoms with van der Waals surface area (Å²) in [6.07, 6.45) is 0. The fraction of sp³-hybridized carbons (Fsp3) is 0.217. The Balaban J connectivity index is 1.90. The van der Waals surface area contributed by atoms with Crippen molar-refractivity contribution in [1.29, 1.82) is 5.26 Å². The lowest BCUT2D eigenvalue weighted by Gasteiger charge is -2.31. The minimum atomic E-state index is -1.30. The van der Waals surface area contributed by atoms with Gasteiger partial charge in [0.1, 0.15) is 5.92 Å². The van der Waals surface area contributed by atoms with Gasteiger partial charge in [0.05, 0.1) is 39.1 Å². The lowest BCUT2D eigenvalue weighted by atomic mass is 9.78. The number of anilines is 1. The van der Waals surface area contributed by atoms with Crippen LogP contribution >= 0.6 is 46.6 Å². The first-order chi connectivity index (χ1) is 16.3. The molecule has 1 aliphatic heterocycles. The molecule has 34 heavy (non-hydrogen) atoms. The molecule has 0 aliphatic carbocycles. The molecule has 3 rings (SSSR count). The standard InChI is InChI=1S/C23H18Cl3N3O4S/c1-2-33-23(32)20-19(13-5-3-4-6-15(13)24)14(10-27)22(29-21(20)31)34-11-18(30)28-12-7-8-16(25)17(26)9-12/h3-9,19-20H,2,11H2,1H3,(H,28,30)(H,29,31)/t19-,20-/m1/s1. The van der Waals surface area contributed by atoms with Gasteiger partial charge in [-0.25, -0.2) is 0 Å². The predicted molar refractivity (Wildman–Crippen MR) is 133 cm³/mol. The summed E-state index contributed by atoms with van der Waals surface area (Å²) < 4.78 is 5.09. The van der Waals surface area contributed by atoms with Crippen LogP contribution in [0.3, 0.4) is 0 Å². The first kappa shape index (κ1) is 25.9. The number of hydrogen-bond donors (Lipinski definition) is 2. The van der Waals surface area contributed by atoms with Gasteiger partial charge < -0.3 is 15.4 Å². The summed E-state index contributed by atoms with van der Waals surface area (Å²) >= 11 is 19.2. The van der Waals surface area contributed by atoms with Gasteiger partial charge in [0.2, 0.25) is 11.8 Å². The number of rotatable bonds is 7. The minimum Gasteiger partial charge on any atom is -0.465 e. The van der Waals surface area contributed by atoms with Crippen LogP contribution in [0.5, 0.6) is 0 Å². The van der Waals surface area contributed by atoms with Crippen LogP contribution < -0.4 is 10.6 Å². The van der Waals surface area contributed by atoms with E-state index in [0.717, 1.165) is 11.8 Å². The van der Waals surface area contributed by atoms with Crippen molar-refractivity contribution in [3.8, 4) is 6.07 Å². The number of nitrogens with zero attached hydrogens (tertiary/aromatic N) is 1. The Morgan fingerprint density at radius 3 is 2.53 bits per heavy atom. The summed E-state index contributed by atoms with van der Waals surface area (Å²) in [5, 5.41) is 16.3. The molecule has 2 amide bonds. The molecule has 0 bridgehead atoms. The number of ether oxygens (including phenoxy) is 1. The van der Waals surface area contributed by atoms with Crippen LogP contribution in [0, 0.1) is 17.2 Å². The number of halogens is 3. The highest BCUT2D eigenvalue weighted by Gasteiger charge is 2.45. The third kappa shape index (κ3) is 5.86. The second kappa shape index (κ2) is 11.6. The van der Waals surface area contributed by atoms with E-state index in [1.165, 1.54) is 6.07 Å². The number of amides is 2. The number of carbonyl (C=O) groups excluding carboxylic acids is 3. The maximum atomic E-state index is 12.9. The minimum absolute atomic E-state index is 0.0694. The molecule has 0 saturated heterocycles. The summed E-state index contributed by atoms with van der Waals surface area (Å²) in [6.45, 7) is 1.69. The highest BCUT2D eigenvalue weighted by atomic mass is 35.5. The van der Waals surface area contributed by atoms with Crippen molar-refractivity contribution < 1.29 is 19.1 Å². The van der Waals surface area contributed by atoms with Gasteiger partial charge in [0.15, 0.2) is 0 Å². The van der Waals surface area contributed by atoms with Crippen LogP contribution in [0.2, 0.25) is 15.1 Å². The average Bonchev–Trinajstić information content (AvgIpc) is 2.80. The number of nitriles is 1. The number of carbonyl (C=O) groups is 3. The summed E-state index contributed by atoms with van der Waals surface area (Å²) in [4.78, 5) is 38.1. The molecule has 7 nitrogen and oxygen atoms in total. The molecule has 2 aromatic carbocycles. The molecule has 1 heterocycles. The van der Waals surface area contributed by atoms with Gasteiger partial charge in [-0.2, -0.15) is 5.26 Å². The van der Waals surface area contributed by atoms with Crippen LogP contribution in [-0.4, -0.2) is 30.1 Å². The van der Waals surface area contributed by atoms with E-state index < -0.39 is 29.6 Å². The molecule has 11 heteroatoms. The number of esters is 1. The molecule has 0 aromatic heterocycles. The van der Waals surface area contributed by atoms with Gasteiger partial charge >= 0.3 is 5.97 Å². The summed E-state index contributed by atoms with van der Waals surface area (Å²) in [5.41, 5.74) is 0.989. The van der Waals surface area contributed by atoms with Crippen molar-refractivity contribution in [3.63, 3.8) is 0 Å². The zero-order valence-electron chi connectivity index (χ0n) is 17.7. The quantitative estimate of drug-likeness (QED) is 0.373. The van der Waals surface area contributed by atoms with E-state index in [4.69, 9.17) is 39.5 Å². The van der Waals surface area contributed by atoms with Gasteiger partial charge in [-0.3, -0.25) is 14.4 Å². The van der Waals surface area contributed by atoms with Gasteiger partial charge in [0, 0.05) is 16.6 Å². The summed E-state index contributed by atoms with van der Waals surface area (Å²) in [5.74, 6) is -4.20. The van der Waals surface area contributed by atoms with E-state index in [1.807, 2.05) is 0 Å². The molecule has 0 saturated carbocycles. The molecule has 0 spiro atoms. The molecule has 0 radical (unpaired) electrons. The van der Waals surface area contributed by atoms with Gasteiger partial charge in [-0.05, 0) is 36.8 Å². The van der Waals surface area contributed by atoms with Crippen LogP contribution in [0.25, 0.3) is 0 Å². The highest BCUT2D eigenvalue weighted by molar-refractivity contribution is 8.03. The van der Waals surface area contributed by atoms with Crippen LogP contribution in [0.15, 0.2) is 53.1 Å². The number of allylic oxidation sites excluding steroid dienone is 1. The topological polar surface area (TPSA) is 108 Å². The third-order valence-corrected chi connectivity index (χ3v) is 6.96. The molecule has 176 valence electrons. The lowest BCUT2D eigenvalue weighted by molar-refractivity contribution is -0.152. The van der Waals surface area contributed by atoms with Crippen molar-refractivity contribution in [2.24, 2.45) is 5.92 Å². The Morgan fingerprint density at radius 1 is 1.15 bits per heavy atom. The lowest BCUT2D eigenvalue weighted by Crippen LogP contribution is -2.44. The Kier molecular flexibility index (Phi) is 8.86. The van der Waals surface area contributed by atoms with E-state index in [0.29, 0.717) is 21.3 Å². The van der Waals surface area contributed by atoms with Crippen molar-refractivity contribution in [3.05, 3.63) is 73.7 Å². The van der Waals surface area contributed by atoms with E-state index >= 15 is 0 Å². The van der Waals surface area contributed by atoms with Gasteiger partial charge in [-0.15, -0.1) is 0 Å². The Hall–Kier alpha value is -2.70. The van der Waals surface area contributed by atoms with Crippen molar-refractivity contribution in [1.82, 2.24) is 5.32 Å². The van der Waals surface area contributed by atoms with Crippen LogP contribution in [-0.2, 0) is 19.1 Å². The summed E-state index contributed by atoms with van der Waals surface area (Å²) in [6, 6.07) is 13.4.